The third-order valence-electron chi connectivity index (χ3n) is 2.43. The summed E-state index contributed by atoms with van der Waals surface area (Å²) in [5, 5.41) is 0. The van der Waals surface area contributed by atoms with Gasteiger partial charge in [0.1, 0.15) is 5.82 Å². The maximum absolute atomic E-state index is 13.5. The first-order chi connectivity index (χ1) is 7.02. The molecule has 0 saturated heterocycles. The molecule has 0 aliphatic heterocycles. The molecule has 1 rings (SSSR count). The van der Waals surface area contributed by atoms with Crippen molar-refractivity contribution in [3.8, 4) is 0 Å². The Hall–Kier alpha value is -0.410. The summed E-state index contributed by atoms with van der Waals surface area (Å²) in [6.07, 6.45) is 1.83. The van der Waals surface area contributed by atoms with E-state index in [9.17, 15) is 4.39 Å². The molecule has 1 atom stereocenters. The molecule has 0 aromatic heterocycles. The van der Waals surface area contributed by atoms with E-state index in [0.29, 0.717) is 11.5 Å². The minimum atomic E-state index is -0.222. The molecule has 0 bridgehead atoms. The zero-order chi connectivity index (χ0) is 11.4. The number of hydrogen-bond acceptors (Lipinski definition) is 1. The Kier molecular flexibility index (Phi) is 4.74. The van der Waals surface area contributed by atoms with E-state index in [4.69, 9.17) is 5.73 Å². The summed E-state index contributed by atoms with van der Waals surface area (Å²) in [7, 11) is 0. The van der Waals surface area contributed by atoms with Gasteiger partial charge in [-0.2, -0.15) is 0 Å². The predicted molar refractivity (Wildman–Crippen MR) is 65.1 cm³/mol. The van der Waals surface area contributed by atoms with Crippen LogP contribution in [0.25, 0.3) is 0 Å². The summed E-state index contributed by atoms with van der Waals surface area (Å²) < 4.78 is 14.3. The van der Waals surface area contributed by atoms with Crippen molar-refractivity contribution in [3.63, 3.8) is 0 Å². The minimum Gasteiger partial charge on any atom is -0.324 e. The van der Waals surface area contributed by atoms with Crippen molar-refractivity contribution in [2.24, 2.45) is 11.7 Å². The van der Waals surface area contributed by atoms with Gasteiger partial charge < -0.3 is 5.73 Å². The molecular weight excluding hydrogens is 257 g/mol. The van der Waals surface area contributed by atoms with Gasteiger partial charge in [0.05, 0.1) is 0 Å². The van der Waals surface area contributed by atoms with Crippen LogP contribution in [0.2, 0.25) is 0 Å². The van der Waals surface area contributed by atoms with Gasteiger partial charge in [-0.3, -0.25) is 0 Å². The molecule has 2 N–H and O–H groups in total. The average Bonchev–Trinajstić information content (AvgIpc) is 2.14. The van der Waals surface area contributed by atoms with Crippen LogP contribution in [0.4, 0.5) is 4.39 Å². The van der Waals surface area contributed by atoms with Crippen molar-refractivity contribution in [3.05, 3.63) is 34.1 Å². The largest absolute Gasteiger partial charge is 0.324 e. The predicted octanol–water partition coefficient (Wildman–Crippen LogP) is 4.02. The standard InChI is InChI=1S/C12H17BrFN/c1-8(2)6-7-11(15)12-9(13)4-3-5-10(12)14/h3-5,8,11H,6-7,15H2,1-2H3. The van der Waals surface area contributed by atoms with E-state index in [2.05, 4.69) is 29.8 Å². The van der Waals surface area contributed by atoms with Crippen molar-refractivity contribution in [1.82, 2.24) is 0 Å². The van der Waals surface area contributed by atoms with Gasteiger partial charge in [-0.1, -0.05) is 35.8 Å². The highest BCUT2D eigenvalue weighted by molar-refractivity contribution is 9.10. The van der Waals surface area contributed by atoms with Crippen LogP contribution < -0.4 is 5.73 Å². The van der Waals surface area contributed by atoms with Crippen molar-refractivity contribution in [2.45, 2.75) is 32.7 Å². The molecule has 1 aromatic carbocycles. The van der Waals surface area contributed by atoms with E-state index >= 15 is 0 Å². The van der Waals surface area contributed by atoms with Crippen LogP contribution in [0.15, 0.2) is 22.7 Å². The van der Waals surface area contributed by atoms with Gasteiger partial charge >= 0.3 is 0 Å². The Balaban J connectivity index is 2.77. The van der Waals surface area contributed by atoms with Crippen molar-refractivity contribution in [2.75, 3.05) is 0 Å². The molecule has 0 amide bonds. The Bertz CT molecular complexity index is 305. The second-order valence-electron chi connectivity index (χ2n) is 4.21. The summed E-state index contributed by atoms with van der Waals surface area (Å²) >= 11 is 3.33. The van der Waals surface area contributed by atoms with Gasteiger partial charge in [0.25, 0.3) is 0 Å². The molecule has 0 aliphatic carbocycles. The topological polar surface area (TPSA) is 26.0 Å². The highest BCUT2D eigenvalue weighted by Crippen LogP contribution is 2.28. The SMILES string of the molecule is CC(C)CCC(N)c1c(F)cccc1Br. The number of benzene rings is 1. The van der Waals surface area contributed by atoms with Crippen LogP contribution in [0.5, 0.6) is 0 Å². The van der Waals surface area contributed by atoms with Gasteiger partial charge in [0.15, 0.2) is 0 Å². The van der Waals surface area contributed by atoms with Crippen LogP contribution >= 0.6 is 15.9 Å². The Morgan fingerprint density at radius 1 is 1.33 bits per heavy atom. The van der Waals surface area contributed by atoms with E-state index in [1.165, 1.54) is 6.07 Å². The third kappa shape index (κ3) is 3.58. The van der Waals surface area contributed by atoms with Crippen LogP contribution in [-0.2, 0) is 0 Å². The minimum absolute atomic E-state index is 0.219. The Labute approximate surface area is 99.0 Å². The van der Waals surface area contributed by atoms with E-state index in [1.54, 1.807) is 6.07 Å². The molecule has 0 spiro atoms. The van der Waals surface area contributed by atoms with Gasteiger partial charge in [-0.05, 0) is 30.9 Å². The maximum Gasteiger partial charge on any atom is 0.129 e. The molecule has 0 radical (unpaired) electrons. The Morgan fingerprint density at radius 3 is 2.53 bits per heavy atom. The number of nitrogens with two attached hydrogens (primary N) is 1. The van der Waals surface area contributed by atoms with Crippen LogP contribution in [0, 0.1) is 11.7 Å². The molecule has 0 fully saturated rings. The molecule has 1 unspecified atom stereocenters. The van der Waals surface area contributed by atoms with E-state index in [0.717, 1.165) is 17.3 Å². The summed E-state index contributed by atoms with van der Waals surface area (Å²) in [4.78, 5) is 0. The summed E-state index contributed by atoms with van der Waals surface area (Å²) in [5.74, 6) is 0.377. The first-order valence-corrected chi connectivity index (χ1v) is 6.01. The first-order valence-electron chi connectivity index (χ1n) is 5.22. The molecule has 3 heteroatoms. The fourth-order valence-corrected chi connectivity index (χ4v) is 2.16. The normalized spacial score (nSPS) is 13.2. The maximum atomic E-state index is 13.5. The zero-order valence-electron chi connectivity index (χ0n) is 9.13. The van der Waals surface area contributed by atoms with Gasteiger partial charge in [-0.15, -0.1) is 0 Å². The molecule has 1 nitrogen and oxygen atoms in total. The van der Waals surface area contributed by atoms with Crippen molar-refractivity contribution >= 4 is 15.9 Å². The zero-order valence-corrected chi connectivity index (χ0v) is 10.7. The number of rotatable bonds is 4. The van der Waals surface area contributed by atoms with Crippen LogP contribution in [-0.4, -0.2) is 0 Å². The molecule has 15 heavy (non-hydrogen) atoms. The highest BCUT2D eigenvalue weighted by Gasteiger charge is 2.14. The van der Waals surface area contributed by atoms with E-state index in [-0.39, 0.29) is 11.9 Å². The molecule has 84 valence electrons. The van der Waals surface area contributed by atoms with Gasteiger partial charge in [0.2, 0.25) is 0 Å². The van der Waals surface area contributed by atoms with Crippen LogP contribution in [0.1, 0.15) is 38.3 Å². The fourth-order valence-electron chi connectivity index (χ4n) is 1.52. The number of hydrogen-bond donors (Lipinski definition) is 1. The van der Waals surface area contributed by atoms with Crippen LogP contribution in [0.3, 0.4) is 0 Å². The summed E-state index contributed by atoms with van der Waals surface area (Å²) in [6, 6.07) is 4.74. The first kappa shape index (κ1) is 12.7. The van der Waals surface area contributed by atoms with E-state index in [1.807, 2.05) is 6.07 Å². The lowest BCUT2D eigenvalue weighted by atomic mass is 9.98. The third-order valence-corrected chi connectivity index (χ3v) is 3.12. The molecule has 0 saturated carbocycles. The number of halogens is 2. The summed E-state index contributed by atoms with van der Waals surface area (Å²) in [5.41, 5.74) is 6.57. The molecule has 0 heterocycles. The van der Waals surface area contributed by atoms with Crippen molar-refractivity contribution in [1.29, 1.82) is 0 Å². The summed E-state index contributed by atoms with van der Waals surface area (Å²) in [6.45, 7) is 4.28. The fraction of sp³-hybridized carbons (Fsp3) is 0.500. The quantitative estimate of drug-likeness (QED) is 0.881. The Morgan fingerprint density at radius 2 is 2.00 bits per heavy atom. The lowest BCUT2D eigenvalue weighted by molar-refractivity contribution is 0.489. The van der Waals surface area contributed by atoms with Gasteiger partial charge in [0, 0.05) is 16.1 Å². The van der Waals surface area contributed by atoms with Gasteiger partial charge in [-0.25, -0.2) is 4.39 Å². The second-order valence-corrected chi connectivity index (χ2v) is 5.07. The lowest BCUT2D eigenvalue weighted by Gasteiger charge is -2.15. The molecular formula is C12H17BrFN. The smallest absolute Gasteiger partial charge is 0.129 e. The molecule has 1 aromatic rings. The average molecular weight is 274 g/mol. The second kappa shape index (κ2) is 5.61. The lowest BCUT2D eigenvalue weighted by Crippen LogP contribution is -2.13. The monoisotopic (exact) mass is 273 g/mol. The molecule has 0 aliphatic rings. The van der Waals surface area contributed by atoms with Crippen molar-refractivity contribution < 1.29 is 4.39 Å². The van der Waals surface area contributed by atoms with E-state index < -0.39 is 0 Å². The highest BCUT2D eigenvalue weighted by atomic mass is 79.9.